The molecule has 154 valence electrons. The van der Waals surface area contributed by atoms with Crippen molar-refractivity contribution in [3.63, 3.8) is 0 Å². The second-order valence-electron chi connectivity index (χ2n) is 7.14. The van der Waals surface area contributed by atoms with Gasteiger partial charge in [-0.2, -0.15) is 0 Å². The van der Waals surface area contributed by atoms with Gasteiger partial charge in [-0.25, -0.2) is 8.42 Å². The van der Waals surface area contributed by atoms with Gasteiger partial charge in [0.15, 0.2) is 0 Å². The number of hydrogen-bond acceptors (Lipinski definition) is 4. The Labute approximate surface area is 171 Å². The number of anilines is 1. The first-order chi connectivity index (χ1) is 13.8. The van der Waals surface area contributed by atoms with Gasteiger partial charge in [-0.05, 0) is 36.2 Å². The Morgan fingerprint density at radius 3 is 2.17 bits per heavy atom. The van der Waals surface area contributed by atoms with Crippen molar-refractivity contribution >= 4 is 27.5 Å². The number of hydrogen-bond donors (Lipinski definition) is 1. The maximum Gasteiger partial charge on any atom is 0.253 e. The first kappa shape index (κ1) is 20.9. The lowest BCUT2D eigenvalue weighted by Crippen LogP contribution is -2.38. The predicted molar refractivity (Wildman–Crippen MR) is 112 cm³/mol. The van der Waals surface area contributed by atoms with Gasteiger partial charge in [0.1, 0.15) is 0 Å². The molecule has 1 saturated heterocycles. The molecular weight excluding hydrogens is 390 g/mol. The van der Waals surface area contributed by atoms with Crippen LogP contribution in [-0.2, 0) is 21.2 Å². The van der Waals surface area contributed by atoms with E-state index in [9.17, 15) is 18.0 Å². The molecule has 1 aliphatic rings. The van der Waals surface area contributed by atoms with Crippen molar-refractivity contribution in [2.45, 2.75) is 12.8 Å². The van der Waals surface area contributed by atoms with Crippen molar-refractivity contribution in [1.29, 1.82) is 0 Å². The van der Waals surface area contributed by atoms with E-state index in [1.807, 2.05) is 35.2 Å². The van der Waals surface area contributed by atoms with Crippen LogP contribution in [0.2, 0.25) is 0 Å². The summed E-state index contributed by atoms with van der Waals surface area (Å²) in [6, 6.07) is 16.0. The van der Waals surface area contributed by atoms with E-state index in [4.69, 9.17) is 0 Å². The number of nitrogens with zero attached hydrogens (tertiary/aromatic N) is 2. The molecule has 3 rings (SSSR count). The number of carbonyl (C=O) groups is 2. The Morgan fingerprint density at radius 2 is 1.52 bits per heavy atom. The molecule has 0 aromatic heterocycles. The molecule has 2 aromatic carbocycles. The van der Waals surface area contributed by atoms with E-state index in [1.165, 1.54) is 0 Å². The van der Waals surface area contributed by atoms with Crippen LogP contribution in [0.1, 0.15) is 22.3 Å². The zero-order valence-electron chi connectivity index (χ0n) is 16.4. The lowest BCUT2D eigenvalue weighted by Gasteiger charge is -2.22. The number of benzene rings is 2. The average molecular weight is 416 g/mol. The zero-order chi connectivity index (χ0) is 20.9. The number of amides is 2. The molecular formula is C21H25N3O4S. The third-order valence-corrected chi connectivity index (χ3v) is 5.38. The lowest BCUT2D eigenvalue weighted by molar-refractivity contribution is -0.130. The number of nitrogens with one attached hydrogen (secondary N) is 1. The minimum atomic E-state index is -3.36. The molecule has 0 unspecified atom stereocenters. The Hall–Kier alpha value is -2.87. The van der Waals surface area contributed by atoms with E-state index >= 15 is 0 Å². The minimum absolute atomic E-state index is 0.0710. The Bertz CT molecular complexity index is 959. The molecule has 0 spiro atoms. The molecule has 1 N–H and O–H groups in total. The molecule has 7 nitrogen and oxygen atoms in total. The fraction of sp³-hybridized carbons (Fsp3) is 0.333. The monoisotopic (exact) mass is 415 g/mol. The maximum absolute atomic E-state index is 12.8. The van der Waals surface area contributed by atoms with Crippen LogP contribution in [0.15, 0.2) is 54.6 Å². The standard InChI is InChI=1S/C21H25N3O4S/c1-29(27,28)22-19-10-8-18(9-11-19)21(26)24-13-5-12-23(14-15-24)20(25)16-17-6-3-2-4-7-17/h2-4,6-11,22H,5,12-16H2,1H3. The molecule has 1 aliphatic heterocycles. The molecule has 29 heavy (non-hydrogen) atoms. The third kappa shape index (κ3) is 6.05. The van der Waals surface area contributed by atoms with Gasteiger partial charge in [-0.3, -0.25) is 14.3 Å². The Kier molecular flexibility index (Phi) is 6.53. The van der Waals surface area contributed by atoms with E-state index in [0.29, 0.717) is 43.9 Å². The highest BCUT2D eigenvalue weighted by atomic mass is 32.2. The van der Waals surface area contributed by atoms with Crippen LogP contribution in [0, 0.1) is 0 Å². The van der Waals surface area contributed by atoms with Crippen molar-refractivity contribution in [3.8, 4) is 0 Å². The van der Waals surface area contributed by atoms with E-state index in [2.05, 4.69) is 4.72 Å². The molecule has 1 fully saturated rings. The molecule has 0 aliphatic carbocycles. The summed E-state index contributed by atoms with van der Waals surface area (Å²) >= 11 is 0. The van der Waals surface area contributed by atoms with Crippen LogP contribution < -0.4 is 4.72 Å². The first-order valence-electron chi connectivity index (χ1n) is 9.51. The Balaban J connectivity index is 1.58. The highest BCUT2D eigenvalue weighted by Gasteiger charge is 2.23. The summed E-state index contributed by atoms with van der Waals surface area (Å²) in [6.07, 6.45) is 2.16. The van der Waals surface area contributed by atoms with E-state index < -0.39 is 10.0 Å². The van der Waals surface area contributed by atoms with Crippen molar-refractivity contribution in [2.75, 3.05) is 37.2 Å². The highest BCUT2D eigenvalue weighted by molar-refractivity contribution is 7.92. The van der Waals surface area contributed by atoms with Gasteiger partial charge in [-0.1, -0.05) is 30.3 Å². The summed E-state index contributed by atoms with van der Waals surface area (Å²) in [5.41, 5.74) is 1.89. The average Bonchev–Trinajstić information content (AvgIpc) is 2.94. The van der Waals surface area contributed by atoms with Gasteiger partial charge >= 0.3 is 0 Å². The fourth-order valence-electron chi connectivity index (χ4n) is 3.33. The molecule has 0 atom stereocenters. The van der Waals surface area contributed by atoms with Crippen molar-refractivity contribution in [1.82, 2.24) is 9.80 Å². The summed E-state index contributed by atoms with van der Waals surface area (Å²) in [6.45, 7) is 2.19. The fourth-order valence-corrected chi connectivity index (χ4v) is 3.89. The van der Waals surface area contributed by atoms with Gasteiger partial charge in [0.05, 0.1) is 12.7 Å². The van der Waals surface area contributed by atoms with Crippen LogP contribution in [-0.4, -0.2) is 62.5 Å². The van der Waals surface area contributed by atoms with Gasteiger partial charge in [0, 0.05) is 37.4 Å². The van der Waals surface area contributed by atoms with Gasteiger partial charge < -0.3 is 9.80 Å². The Morgan fingerprint density at radius 1 is 0.897 bits per heavy atom. The van der Waals surface area contributed by atoms with Crippen molar-refractivity contribution in [3.05, 3.63) is 65.7 Å². The molecule has 2 amide bonds. The van der Waals surface area contributed by atoms with Crippen LogP contribution in [0.4, 0.5) is 5.69 Å². The summed E-state index contributed by atoms with van der Waals surface area (Å²) in [5.74, 6) is -0.0463. The molecule has 2 aromatic rings. The summed E-state index contributed by atoms with van der Waals surface area (Å²) in [5, 5.41) is 0. The van der Waals surface area contributed by atoms with Crippen LogP contribution in [0.5, 0.6) is 0 Å². The molecule has 0 saturated carbocycles. The number of sulfonamides is 1. The van der Waals surface area contributed by atoms with E-state index in [1.54, 1.807) is 29.2 Å². The minimum Gasteiger partial charge on any atom is -0.341 e. The summed E-state index contributed by atoms with van der Waals surface area (Å²) in [4.78, 5) is 28.9. The van der Waals surface area contributed by atoms with Crippen LogP contribution in [0.25, 0.3) is 0 Å². The van der Waals surface area contributed by atoms with Gasteiger partial charge in [0.2, 0.25) is 15.9 Å². The normalized spacial score (nSPS) is 14.9. The smallest absolute Gasteiger partial charge is 0.253 e. The maximum atomic E-state index is 12.8. The largest absolute Gasteiger partial charge is 0.341 e. The highest BCUT2D eigenvalue weighted by Crippen LogP contribution is 2.15. The van der Waals surface area contributed by atoms with Crippen LogP contribution >= 0.6 is 0 Å². The summed E-state index contributed by atoms with van der Waals surface area (Å²) in [7, 11) is -3.36. The third-order valence-electron chi connectivity index (χ3n) is 4.77. The summed E-state index contributed by atoms with van der Waals surface area (Å²) < 4.78 is 25.0. The van der Waals surface area contributed by atoms with Gasteiger partial charge in [-0.15, -0.1) is 0 Å². The SMILES string of the molecule is CS(=O)(=O)Nc1ccc(C(=O)N2CCCN(C(=O)Cc3ccccc3)CC2)cc1. The van der Waals surface area contributed by atoms with Gasteiger partial charge in [0.25, 0.3) is 5.91 Å². The van der Waals surface area contributed by atoms with E-state index in [0.717, 1.165) is 18.2 Å². The second-order valence-corrected chi connectivity index (χ2v) is 8.89. The molecule has 0 radical (unpaired) electrons. The predicted octanol–water partition coefficient (Wildman–Crippen LogP) is 1.98. The van der Waals surface area contributed by atoms with Crippen LogP contribution in [0.3, 0.4) is 0 Å². The molecule has 0 bridgehead atoms. The number of carbonyl (C=O) groups excluding carboxylic acids is 2. The second kappa shape index (κ2) is 9.09. The zero-order valence-corrected chi connectivity index (χ0v) is 17.2. The number of rotatable bonds is 5. The molecule has 8 heteroatoms. The van der Waals surface area contributed by atoms with Crippen molar-refractivity contribution in [2.24, 2.45) is 0 Å². The first-order valence-corrected chi connectivity index (χ1v) is 11.4. The molecule has 1 heterocycles. The van der Waals surface area contributed by atoms with E-state index in [-0.39, 0.29) is 11.8 Å². The van der Waals surface area contributed by atoms with Crippen molar-refractivity contribution < 1.29 is 18.0 Å². The topological polar surface area (TPSA) is 86.8 Å². The lowest BCUT2D eigenvalue weighted by atomic mass is 10.1. The quantitative estimate of drug-likeness (QED) is 0.809.